The molecule has 2 atom stereocenters. The average molecular weight is 527 g/mol. The second-order valence-corrected chi connectivity index (χ2v) is 11.2. The summed E-state index contributed by atoms with van der Waals surface area (Å²) in [4.78, 5) is 23.5. The van der Waals surface area contributed by atoms with E-state index in [1.165, 1.54) is 17.1 Å². The van der Waals surface area contributed by atoms with Gasteiger partial charge in [-0.05, 0) is 31.4 Å². The summed E-state index contributed by atoms with van der Waals surface area (Å²) in [6.07, 6.45) is 3.78. The zero-order chi connectivity index (χ0) is 26.2. The Labute approximate surface area is 215 Å². The van der Waals surface area contributed by atoms with Crippen molar-refractivity contribution in [1.29, 1.82) is 0 Å². The summed E-state index contributed by atoms with van der Waals surface area (Å²) in [5.41, 5.74) is 3.39. The van der Waals surface area contributed by atoms with Crippen molar-refractivity contribution in [2.24, 2.45) is 13.0 Å². The first-order valence-electron chi connectivity index (χ1n) is 12.2. The molecule has 1 aromatic carbocycles. The van der Waals surface area contributed by atoms with Crippen LogP contribution in [0.1, 0.15) is 24.0 Å². The monoisotopic (exact) mass is 526 g/mol. The number of anilines is 1. The van der Waals surface area contributed by atoms with E-state index in [9.17, 15) is 13.2 Å². The number of rotatable bonds is 7. The van der Waals surface area contributed by atoms with Crippen molar-refractivity contribution >= 4 is 21.9 Å². The maximum absolute atomic E-state index is 13.0. The van der Waals surface area contributed by atoms with Crippen LogP contribution in [-0.4, -0.2) is 71.4 Å². The lowest BCUT2D eigenvalue weighted by Crippen LogP contribution is -2.36. The molecular weight excluding hydrogens is 496 g/mol. The Bertz CT molecular complexity index is 1400. The molecule has 2 aromatic heterocycles. The lowest BCUT2D eigenvalue weighted by molar-refractivity contribution is -0.134. The molecule has 0 radical (unpaired) electrons. The summed E-state index contributed by atoms with van der Waals surface area (Å²) in [6.45, 7) is 6.05. The molecule has 0 saturated carbocycles. The van der Waals surface area contributed by atoms with Crippen molar-refractivity contribution in [2.75, 3.05) is 31.0 Å². The standard InChI is InChI=1S/C25H30N6O5S/c1-16-5-4-6-17(2)23(16)21-11-22(28-25(27-21)29-37(33,34)20-12-26-30(3)14-20)36-19-7-9-31(13-19)24(32)18-8-10-35-15-18/h4-6,11-12,14,18-19H,7-10,13,15H2,1-3H3,(H,27,28,29). The van der Waals surface area contributed by atoms with E-state index in [1.54, 1.807) is 13.1 Å². The van der Waals surface area contributed by atoms with E-state index < -0.39 is 10.0 Å². The molecule has 2 saturated heterocycles. The topological polar surface area (TPSA) is 129 Å². The van der Waals surface area contributed by atoms with Crippen molar-refractivity contribution in [2.45, 2.75) is 37.7 Å². The molecule has 0 spiro atoms. The van der Waals surface area contributed by atoms with Crippen LogP contribution < -0.4 is 9.46 Å². The van der Waals surface area contributed by atoms with E-state index in [2.05, 4.69) is 19.8 Å². The maximum Gasteiger partial charge on any atom is 0.267 e. The number of hydrogen-bond acceptors (Lipinski definition) is 8. The van der Waals surface area contributed by atoms with Crippen LogP contribution in [0, 0.1) is 19.8 Å². The van der Waals surface area contributed by atoms with Crippen molar-refractivity contribution in [3.8, 4) is 17.1 Å². The lowest BCUT2D eigenvalue weighted by Gasteiger charge is -2.20. The average Bonchev–Trinajstić information content (AvgIpc) is 3.61. The predicted molar refractivity (Wildman–Crippen MR) is 135 cm³/mol. The Morgan fingerprint density at radius 2 is 1.97 bits per heavy atom. The largest absolute Gasteiger partial charge is 0.472 e. The summed E-state index contributed by atoms with van der Waals surface area (Å²) < 4.78 is 41.3. The highest BCUT2D eigenvalue weighted by Crippen LogP contribution is 2.30. The molecule has 12 heteroatoms. The molecule has 1 N–H and O–H groups in total. The molecule has 0 bridgehead atoms. The third kappa shape index (κ3) is 5.44. The van der Waals surface area contributed by atoms with E-state index in [-0.39, 0.29) is 34.7 Å². The Morgan fingerprint density at radius 1 is 1.19 bits per heavy atom. The van der Waals surface area contributed by atoms with Gasteiger partial charge in [-0.1, -0.05) is 18.2 Å². The number of nitrogens with one attached hydrogen (secondary N) is 1. The molecule has 37 heavy (non-hydrogen) atoms. The van der Waals surface area contributed by atoms with Crippen LogP contribution in [0.3, 0.4) is 0 Å². The summed E-state index contributed by atoms with van der Waals surface area (Å²) in [5.74, 6) is 0.127. The molecule has 2 aliphatic rings. The third-order valence-corrected chi connectivity index (χ3v) is 7.96. The molecular formula is C25H30N6O5S. The van der Waals surface area contributed by atoms with Gasteiger partial charge in [0, 0.05) is 44.4 Å². The molecule has 2 aliphatic heterocycles. The molecule has 4 heterocycles. The number of benzene rings is 1. The quantitative estimate of drug-likeness (QED) is 0.497. The maximum atomic E-state index is 13.0. The number of aryl methyl sites for hydroxylation is 3. The second-order valence-electron chi connectivity index (χ2n) is 9.51. The van der Waals surface area contributed by atoms with Crippen molar-refractivity contribution in [3.05, 3.63) is 47.8 Å². The minimum atomic E-state index is -3.96. The number of carbonyl (C=O) groups excluding carboxylic acids is 1. The normalized spacial score (nSPS) is 19.8. The first-order valence-corrected chi connectivity index (χ1v) is 13.7. The van der Waals surface area contributed by atoms with Gasteiger partial charge in [-0.15, -0.1) is 0 Å². The second kappa shape index (κ2) is 10.1. The molecule has 2 fully saturated rings. The molecule has 2 unspecified atom stereocenters. The highest BCUT2D eigenvalue weighted by molar-refractivity contribution is 7.92. The van der Waals surface area contributed by atoms with Crippen molar-refractivity contribution in [3.63, 3.8) is 0 Å². The van der Waals surface area contributed by atoms with E-state index >= 15 is 0 Å². The van der Waals surface area contributed by atoms with Gasteiger partial charge in [-0.25, -0.2) is 18.1 Å². The number of hydrogen-bond donors (Lipinski definition) is 1. The number of ether oxygens (including phenoxy) is 2. The summed E-state index contributed by atoms with van der Waals surface area (Å²) >= 11 is 0. The predicted octanol–water partition coefficient (Wildman–Crippen LogP) is 2.31. The SMILES string of the molecule is Cc1cccc(C)c1-c1cc(OC2CCN(C(=O)C3CCOC3)C2)nc(NS(=O)(=O)c2cnn(C)c2)n1. The van der Waals surface area contributed by atoms with Gasteiger partial charge in [-0.2, -0.15) is 10.1 Å². The van der Waals surface area contributed by atoms with Crippen LogP contribution in [0.25, 0.3) is 11.3 Å². The fourth-order valence-electron chi connectivity index (χ4n) is 4.78. The van der Waals surface area contributed by atoms with Gasteiger partial charge in [0.05, 0.1) is 31.0 Å². The minimum absolute atomic E-state index is 0.000571. The number of carbonyl (C=O) groups is 1. The summed E-state index contributed by atoms with van der Waals surface area (Å²) in [6, 6.07) is 7.61. The first kappa shape index (κ1) is 25.2. The van der Waals surface area contributed by atoms with Crippen LogP contribution in [-0.2, 0) is 26.6 Å². The van der Waals surface area contributed by atoms with Gasteiger partial charge in [0.25, 0.3) is 10.0 Å². The highest BCUT2D eigenvalue weighted by Gasteiger charge is 2.34. The summed E-state index contributed by atoms with van der Waals surface area (Å²) in [5, 5.41) is 3.94. The van der Waals surface area contributed by atoms with E-state index in [0.29, 0.717) is 38.4 Å². The number of likely N-dealkylation sites (tertiary alicyclic amines) is 1. The van der Waals surface area contributed by atoms with Crippen molar-refractivity contribution in [1.82, 2.24) is 24.6 Å². The van der Waals surface area contributed by atoms with Gasteiger partial charge in [0.2, 0.25) is 17.7 Å². The van der Waals surface area contributed by atoms with Gasteiger partial charge in [0.15, 0.2) is 0 Å². The van der Waals surface area contributed by atoms with E-state index in [4.69, 9.17) is 9.47 Å². The van der Waals surface area contributed by atoms with Gasteiger partial charge < -0.3 is 14.4 Å². The van der Waals surface area contributed by atoms with Crippen LogP contribution in [0.4, 0.5) is 5.95 Å². The number of aromatic nitrogens is 4. The zero-order valence-corrected chi connectivity index (χ0v) is 21.9. The fraction of sp³-hybridized carbons (Fsp3) is 0.440. The number of amides is 1. The van der Waals surface area contributed by atoms with Crippen LogP contribution in [0.2, 0.25) is 0 Å². The molecule has 11 nitrogen and oxygen atoms in total. The van der Waals surface area contributed by atoms with Crippen LogP contribution >= 0.6 is 0 Å². The Kier molecular flexibility index (Phi) is 6.86. The molecule has 0 aliphatic carbocycles. The molecule has 1 amide bonds. The molecule has 5 rings (SSSR count). The minimum Gasteiger partial charge on any atom is -0.472 e. The van der Waals surface area contributed by atoms with Crippen LogP contribution in [0.15, 0.2) is 41.6 Å². The van der Waals surface area contributed by atoms with E-state index in [1.807, 2.05) is 36.9 Å². The molecule has 3 aromatic rings. The lowest BCUT2D eigenvalue weighted by atomic mass is 10.00. The zero-order valence-electron chi connectivity index (χ0n) is 21.0. The fourth-order valence-corrected chi connectivity index (χ4v) is 5.70. The van der Waals surface area contributed by atoms with Crippen molar-refractivity contribution < 1.29 is 22.7 Å². The number of nitrogens with zero attached hydrogens (tertiary/aromatic N) is 5. The third-order valence-electron chi connectivity index (χ3n) is 6.68. The Balaban J connectivity index is 1.43. The van der Waals surface area contributed by atoms with Gasteiger partial charge in [-0.3, -0.25) is 9.48 Å². The Hall–Kier alpha value is -3.51. The van der Waals surface area contributed by atoms with E-state index in [0.717, 1.165) is 23.1 Å². The number of sulfonamides is 1. The smallest absolute Gasteiger partial charge is 0.267 e. The van der Waals surface area contributed by atoms with Gasteiger partial charge >= 0.3 is 0 Å². The highest BCUT2D eigenvalue weighted by atomic mass is 32.2. The van der Waals surface area contributed by atoms with Crippen LogP contribution in [0.5, 0.6) is 5.88 Å². The molecule has 196 valence electrons. The first-order chi connectivity index (χ1) is 17.7. The summed E-state index contributed by atoms with van der Waals surface area (Å²) in [7, 11) is -2.33. The van der Waals surface area contributed by atoms with Gasteiger partial charge in [0.1, 0.15) is 11.0 Å². The Morgan fingerprint density at radius 3 is 2.65 bits per heavy atom.